The highest BCUT2D eigenvalue weighted by atomic mass is 35.5. The smallest absolute Gasteiger partial charge is 0.358 e. The van der Waals surface area contributed by atoms with Gasteiger partial charge in [-0.1, -0.05) is 11.6 Å². The summed E-state index contributed by atoms with van der Waals surface area (Å²) in [6.45, 7) is 4.08. The highest BCUT2D eigenvalue weighted by molar-refractivity contribution is 7.99. The number of aromatic nitrogens is 4. The third kappa shape index (κ3) is 2.79. The minimum atomic E-state index is -0.485. The first kappa shape index (κ1) is 15.8. The number of benzene rings is 1. The van der Waals surface area contributed by atoms with Crippen LogP contribution in [0, 0.1) is 10.1 Å². The zero-order valence-electron chi connectivity index (χ0n) is 12.7. The number of halogens is 1. The van der Waals surface area contributed by atoms with Crippen LogP contribution in [0.1, 0.15) is 19.9 Å². The summed E-state index contributed by atoms with van der Waals surface area (Å²) in [6, 6.07) is 5.66. The van der Waals surface area contributed by atoms with Crippen molar-refractivity contribution in [3.63, 3.8) is 0 Å². The van der Waals surface area contributed by atoms with Crippen molar-refractivity contribution in [1.29, 1.82) is 0 Å². The van der Waals surface area contributed by atoms with Crippen LogP contribution in [-0.4, -0.2) is 24.0 Å². The predicted molar refractivity (Wildman–Crippen MR) is 89.1 cm³/mol. The molecule has 0 saturated carbocycles. The van der Waals surface area contributed by atoms with Crippen LogP contribution in [0.15, 0.2) is 34.7 Å². The Morgan fingerprint density at radius 2 is 2.13 bits per heavy atom. The molecule has 0 spiro atoms. The molecule has 0 amide bonds. The van der Waals surface area contributed by atoms with Crippen LogP contribution in [-0.2, 0) is 7.05 Å². The molecule has 2 aromatic heterocycles. The normalized spacial score (nSPS) is 11.5. The summed E-state index contributed by atoms with van der Waals surface area (Å²) in [5.41, 5.74) is 1.70. The van der Waals surface area contributed by atoms with Crippen molar-refractivity contribution in [2.45, 2.75) is 30.1 Å². The molecule has 23 heavy (non-hydrogen) atoms. The Hall–Kier alpha value is -2.06. The van der Waals surface area contributed by atoms with Crippen LogP contribution in [0.25, 0.3) is 11.0 Å². The first-order chi connectivity index (χ1) is 10.9. The zero-order chi connectivity index (χ0) is 16.7. The van der Waals surface area contributed by atoms with E-state index in [9.17, 15) is 10.1 Å². The highest BCUT2D eigenvalue weighted by Gasteiger charge is 2.24. The van der Waals surface area contributed by atoms with Crippen molar-refractivity contribution in [3.05, 3.63) is 39.7 Å². The third-order valence-corrected chi connectivity index (χ3v) is 4.73. The van der Waals surface area contributed by atoms with Gasteiger partial charge in [-0.2, -0.15) is 0 Å². The summed E-state index contributed by atoms with van der Waals surface area (Å²) in [4.78, 5) is 19.1. The largest absolute Gasteiger partial charge is 0.396 e. The van der Waals surface area contributed by atoms with E-state index < -0.39 is 4.92 Å². The first-order valence-electron chi connectivity index (χ1n) is 6.89. The van der Waals surface area contributed by atoms with E-state index in [-0.39, 0.29) is 11.9 Å². The van der Waals surface area contributed by atoms with E-state index in [1.165, 1.54) is 18.1 Å². The Labute approximate surface area is 141 Å². The van der Waals surface area contributed by atoms with Crippen LogP contribution in [0.5, 0.6) is 0 Å². The molecule has 0 atom stereocenters. The minimum absolute atomic E-state index is 0.149. The van der Waals surface area contributed by atoms with Gasteiger partial charge in [-0.3, -0.25) is 0 Å². The number of hydrogen-bond acceptors (Lipinski definition) is 5. The van der Waals surface area contributed by atoms with Gasteiger partial charge in [0.05, 0.1) is 11.0 Å². The van der Waals surface area contributed by atoms with Gasteiger partial charge in [0.2, 0.25) is 6.33 Å². The summed E-state index contributed by atoms with van der Waals surface area (Å²) < 4.78 is 3.66. The maximum atomic E-state index is 11.1. The average Bonchev–Trinajstić information content (AvgIpc) is 3.00. The fourth-order valence-electron chi connectivity index (χ4n) is 2.36. The number of aryl methyl sites for hydroxylation is 1. The van der Waals surface area contributed by atoms with Crippen molar-refractivity contribution < 1.29 is 4.92 Å². The lowest BCUT2D eigenvalue weighted by Gasteiger charge is -2.12. The minimum Gasteiger partial charge on any atom is -0.358 e. The lowest BCUT2D eigenvalue weighted by atomic mass is 10.3. The maximum absolute atomic E-state index is 11.1. The van der Waals surface area contributed by atoms with E-state index >= 15 is 0 Å². The van der Waals surface area contributed by atoms with Gasteiger partial charge in [0.1, 0.15) is 0 Å². The Morgan fingerprint density at radius 1 is 1.39 bits per heavy atom. The summed E-state index contributed by atoms with van der Waals surface area (Å²) in [5.74, 6) is -0.169. The molecule has 0 unspecified atom stereocenters. The lowest BCUT2D eigenvalue weighted by Crippen LogP contribution is -2.03. The molecule has 0 bridgehead atoms. The topological polar surface area (TPSA) is 78.8 Å². The monoisotopic (exact) mass is 351 g/mol. The van der Waals surface area contributed by atoms with E-state index in [0.29, 0.717) is 15.2 Å². The number of hydrogen-bond donors (Lipinski definition) is 0. The van der Waals surface area contributed by atoms with Crippen LogP contribution in [0.4, 0.5) is 5.82 Å². The summed E-state index contributed by atoms with van der Waals surface area (Å²) in [6.07, 6.45) is 1.43. The molecule has 3 aromatic rings. The first-order valence-corrected chi connectivity index (χ1v) is 8.09. The molecular weight excluding hydrogens is 338 g/mol. The second-order valence-corrected chi connectivity index (χ2v) is 6.73. The molecule has 0 saturated heterocycles. The number of fused-ring (bicyclic) bond motifs is 1. The summed E-state index contributed by atoms with van der Waals surface area (Å²) in [5, 5.41) is 12.9. The van der Waals surface area contributed by atoms with Gasteiger partial charge >= 0.3 is 5.82 Å². The van der Waals surface area contributed by atoms with E-state index in [1.807, 2.05) is 30.5 Å². The van der Waals surface area contributed by atoms with Crippen molar-refractivity contribution in [2.75, 3.05) is 0 Å². The van der Waals surface area contributed by atoms with Gasteiger partial charge in [-0.05, 0) is 53.7 Å². The molecule has 7 nitrogen and oxygen atoms in total. The van der Waals surface area contributed by atoms with Crippen molar-refractivity contribution in [2.24, 2.45) is 7.05 Å². The van der Waals surface area contributed by atoms with Gasteiger partial charge in [-0.25, -0.2) is 4.98 Å². The zero-order valence-corrected chi connectivity index (χ0v) is 14.3. The van der Waals surface area contributed by atoms with Gasteiger partial charge in [0.15, 0.2) is 10.2 Å². The Kier molecular flexibility index (Phi) is 4.03. The van der Waals surface area contributed by atoms with Crippen molar-refractivity contribution in [1.82, 2.24) is 19.1 Å². The molecule has 0 fully saturated rings. The molecule has 0 aliphatic carbocycles. The maximum Gasteiger partial charge on any atom is 0.396 e. The van der Waals surface area contributed by atoms with Crippen LogP contribution < -0.4 is 0 Å². The van der Waals surface area contributed by atoms with Crippen molar-refractivity contribution in [3.8, 4) is 0 Å². The molecule has 0 radical (unpaired) electrons. The second kappa shape index (κ2) is 5.86. The number of nitro groups is 1. The summed E-state index contributed by atoms with van der Waals surface area (Å²) in [7, 11) is 1.72. The number of imidazole rings is 2. The molecule has 0 N–H and O–H groups in total. The van der Waals surface area contributed by atoms with E-state index in [1.54, 1.807) is 17.7 Å². The van der Waals surface area contributed by atoms with E-state index in [0.717, 1.165) is 11.0 Å². The second-order valence-electron chi connectivity index (χ2n) is 5.33. The molecule has 2 heterocycles. The fraction of sp³-hybridized carbons (Fsp3) is 0.286. The van der Waals surface area contributed by atoms with E-state index in [4.69, 9.17) is 11.6 Å². The Morgan fingerprint density at radius 3 is 2.78 bits per heavy atom. The molecule has 3 rings (SSSR count). The van der Waals surface area contributed by atoms with Gasteiger partial charge < -0.3 is 19.2 Å². The molecule has 0 aliphatic heterocycles. The fourth-order valence-corrected chi connectivity index (χ4v) is 3.66. The van der Waals surface area contributed by atoms with Crippen LogP contribution in [0.3, 0.4) is 0 Å². The highest BCUT2D eigenvalue weighted by Crippen LogP contribution is 2.36. The Bertz CT molecular complexity index is 902. The molecule has 9 heteroatoms. The third-order valence-electron chi connectivity index (χ3n) is 3.36. The Balaban J connectivity index is 2.15. The molecule has 0 aliphatic rings. The molecule has 120 valence electrons. The molecular formula is C14H14ClN5O2S. The SMILES string of the molecule is CC(C)n1c(Sc2c([N+](=O)[O-])ncn2C)nc2cc(Cl)ccc21. The van der Waals surface area contributed by atoms with Gasteiger partial charge in [-0.15, -0.1) is 0 Å². The molecule has 1 aromatic carbocycles. The predicted octanol–water partition coefficient (Wildman–Crippen LogP) is 4.06. The van der Waals surface area contributed by atoms with Crippen LogP contribution in [0.2, 0.25) is 5.02 Å². The van der Waals surface area contributed by atoms with Crippen molar-refractivity contribution >= 4 is 40.2 Å². The summed E-state index contributed by atoms with van der Waals surface area (Å²) >= 11 is 7.27. The lowest BCUT2D eigenvalue weighted by molar-refractivity contribution is -0.392. The quantitative estimate of drug-likeness (QED) is 0.523. The average molecular weight is 352 g/mol. The standard InChI is InChI=1S/C14H14ClN5O2S/c1-8(2)19-11-5-4-9(15)6-10(11)17-14(19)23-13-12(20(21)22)16-7-18(13)3/h4-8H,1-3H3. The van der Waals surface area contributed by atoms with Crippen LogP contribution >= 0.6 is 23.4 Å². The number of rotatable bonds is 4. The van der Waals surface area contributed by atoms with Gasteiger partial charge in [0.25, 0.3) is 0 Å². The van der Waals surface area contributed by atoms with Gasteiger partial charge in [0, 0.05) is 18.1 Å². The number of nitrogens with zero attached hydrogens (tertiary/aromatic N) is 5. The van der Waals surface area contributed by atoms with E-state index in [2.05, 4.69) is 9.97 Å².